The highest BCUT2D eigenvalue weighted by Gasteiger charge is 2.23. The number of aromatic nitrogens is 2. The minimum Gasteiger partial charge on any atom is -0.309 e. The van der Waals surface area contributed by atoms with Gasteiger partial charge < -0.3 is 9.13 Å². The quantitative estimate of drug-likeness (QED) is 0.178. The molecule has 2 heterocycles. The molecule has 0 radical (unpaired) electrons. The summed E-state index contributed by atoms with van der Waals surface area (Å²) in [7, 11) is 0. The monoisotopic (exact) mass is 711 g/mol. The van der Waals surface area contributed by atoms with Crippen molar-refractivity contribution >= 4 is 43.6 Å². The van der Waals surface area contributed by atoms with Crippen molar-refractivity contribution in [2.45, 2.75) is 0 Å². The number of hydrogen-bond acceptors (Lipinski definition) is 3. The zero-order valence-electron chi connectivity index (χ0n) is 30.0. The van der Waals surface area contributed by atoms with Crippen LogP contribution in [0.15, 0.2) is 176 Å². The number of rotatable bonds is 5. The van der Waals surface area contributed by atoms with Crippen LogP contribution < -0.4 is 0 Å². The van der Waals surface area contributed by atoms with Crippen LogP contribution in [0.1, 0.15) is 16.7 Å². The fourth-order valence-electron chi connectivity index (χ4n) is 8.49. The van der Waals surface area contributed by atoms with E-state index in [9.17, 15) is 15.8 Å². The third-order valence-electron chi connectivity index (χ3n) is 10.8. The Labute approximate surface area is 323 Å². The van der Waals surface area contributed by atoms with E-state index in [0.29, 0.717) is 16.7 Å². The zero-order chi connectivity index (χ0) is 37.8. The van der Waals surface area contributed by atoms with Crippen molar-refractivity contribution in [3.63, 3.8) is 0 Å². The molecule has 10 aromatic rings. The topological polar surface area (TPSA) is 81.2 Å². The fourth-order valence-corrected chi connectivity index (χ4v) is 8.49. The molecule has 2 aromatic heterocycles. The molecule has 0 unspecified atom stereocenters. The van der Waals surface area contributed by atoms with Crippen LogP contribution in [0.2, 0.25) is 0 Å². The summed E-state index contributed by atoms with van der Waals surface area (Å²) in [6.45, 7) is 0. The molecule has 258 valence electrons. The summed E-state index contributed by atoms with van der Waals surface area (Å²) in [5, 5.41) is 34.2. The molecule has 0 atom stereocenters. The van der Waals surface area contributed by atoms with Gasteiger partial charge in [-0.05, 0) is 76.9 Å². The summed E-state index contributed by atoms with van der Waals surface area (Å²) in [6, 6.07) is 66.6. The molecule has 56 heavy (non-hydrogen) atoms. The molecule has 0 aliphatic carbocycles. The number of fused-ring (bicyclic) bond motifs is 6. The van der Waals surface area contributed by atoms with Gasteiger partial charge in [0.1, 0.15) is 6.07 Å². The van der Waals surface area contributed by atoms with Crippen LogP contribution in [0.3, 0.4) is 0 Å². The summed E-state index contributed by atoms with van der Waals surface area (Å²) in [4.78, 5) is 0. The van der Waals surface area contributed by atoms with Gasteiger partial charge in [0, 0.05) is 38.4 Å². The van der Waals surface area contributed by atoms with Crippen molar-refractivity contribution in [1.29, 1.82) is 15.8 Å². The van der Waals surface area contributed by atoms with E-state index < -0.39 is 0 Å². The lowest BCUT2D eigenvalue weighted by Gasteiger charge is -2.18. The first-order valence-corrected chi connectivity index (χ1v) is 18.4. The number of nitrogens with zero attached hydrogens (tertiary/aromatic N) is 5. The molecule has 0 saturated heterocycles. The van der Waals surface area contributed by atoms with E-state index in [1.807, 2.05) is 72.8 Å². The lowest BCUT2D eigenvalue weighted by Crippen LogP contribution is -1.99. The Hall–Kier alpha value is -8.17. The smallest absolute Gasteiger partial charge is 0.101 e. The lowest BCUT2D eigenvalue weighted by atomic mass is 9.88. The Morgan fingerprint density at radius 3 is 1.52 bits per heavy atom. The van der Waals surface area contributed by atoms with Gasteiger partial charge in [0.15, 0.2) is 0 Å². The molecule has 0 fully saturated rings. The summed E-state index contributed by atoms with van der Waals surface area (Å²) in [5.74, 6) is 0. The van der Waals surface area contributed by atoms with E-state index in [0.717, 1.165) is 88.4 Å². The van der Waals surface area contributed by atoms with E-state index in [1.54, 1.807) is 0 Å². The number of benzene rings is 8. The van der Waals surface area contributed by atoms with E-state index in [4.69, 9.17) is 0 Å². The molecule has 0 spiro atoms. The molecular weight excluding hydrogens is 683 g/mol. The first-order chi connectivity index (χ1) is 27.7. The van der Waals surface area contributed by atoms with Gasteiger partial charge in [0.25, 0.3) is 0 Å². The number of nitriles is 3. The second-order valence-corrected chi connectivity index (χ2v) is 13.8. The van der Waals surface area contributed by atoms with Crippen molar-refractivity contribution in [1.82, 2.24) is 9.13 Å². The van der Waals surface area contributed by atoms with Gasteiger partial charge in [-0.2, -0.15) is 15.8 Å². The highest BCUT2D eigenvalue weighted by Crippen LogP contribution is 2.46. The maximum absolute atomic E-state index is 10.3. The molecule has 0 bridgehead atoms. The fraction of sp³-hybridized carbons (Fsp3) is 0. The van der Waals surface area contributed by atoms with Gasteiger partial charge in [-0.3, -0.25) is 0 Å². The third-order valence-corrected chi connectivity index (χ3v) is 10.8. The van der Waals surface area contributed by atoms with E-state index in [2.05, 4.69) is 130 Å². The highest BCUT2D eigenvalue weighted by atomic mass is 15.0. The van der Waals surface area contributed by atoms with Gasteiger partial charge in [-0.25, -0.2) is 0 Å². The molecule has 10 rings (SSSR count). The first kappa shape index (κ1) is 32.5. The summed E-state index contributed by atoms with van der Waals surface area (Å²) in [5.41, 5.74) is 13.8. The van der Waals surface area contributed by atoms with Gasteiger partial charge in [-0.1, -0.05) is 121 Å². The SMILES string of the molecule is N#Cc1cccc(-n2c3ccc(C#N)cc3c3cccc(-c4ccccc4-c4ccccc4-c4cccc5c6ccccc6n(-c6ccccc6C#N)c45)c32)c1. The largest absolute Gasteiger partial charge is 0.309 e. The van der Waals surface area contributed by atoms with Gasteiger partial charge in [-0.15, -0.1) is 0 Å². The van der Waals surface area contributed by atoms with Crippen LogP contribution in [0.5, 0.6) is 0 Å². The van der Waals surface area contributed by atoms with Crippen LogP contribution in [0, 0.1) is 34.0 Å². The molecule has 0 aliphatic rings. The third kappa shape index (κ3) is 4.92. The number of hydrogen-bond donors (Lipinski definition) is 0. The normalized spacial score (nSPS) is 11.2. The molecule has 0 N–H and O–H groups in total. The van der Waals surface area contributed by atoms with Gasteiger partial charge in [0.05, 0.1) is 56.6 Å². The van der Waals surface area contributed by atoms with Crippen molar-refractivity contribution in [3.8, 4) is 63.0 Å². The molecule has 5 nitrogen and oxygen atoms in total. The lowest BCUT2D eigenvalue weighted by molar-refractivity contribution is 1.17. The zero-order valence-corrected chi connectivity index (χ0v) is 30.0. The minimum absolute atomic E-state index is 0.571. The van der Waals surface area contributed by atoms with Crippen LogP contribution >= 0.6 is 0 Å². The molecule has 0 aliphatic heterocycles. The van der Waals surface area contributed by atoms with Crippen LogP contribution in [-0.4, -0.2) is 9.13 Å². The molecule has 0 amide bonds. The van der Waals surface area contributed by atoms with Crippen LogP contribution in [-0.2, 0) is 0 Å². The maximum Gasteiger partial charge on any atom is 0.101 e. The first-order valence-electron chi connectivity index (χ1n) is 18.4. The Morgan fingerprint density at radius 2 is 0.839 bits per heavy atom. The van der Waals surface area contributed by atoms with E-state index in [-0.39, 0.29) is 0 Å². The molecule has 0 saturated carbocycles. The summed E-state index contributed by atoms with van der Waals surface area (Å²) >= 11 is 0. The molecular formula is C51H29N5. The summed E-state index contributed by atoms with van der Waals surface area (Å²) in [6.07, 6.45) is 0. The van der Waals surface area contributed by atoms with Crippen molar-refractivity contribution in [3.05, 3.63) is 193 Å². The Bertz CT molecular complexity index is 3360. The van der Waals surface area contributed by atoms with Crippen molar-refractivity contribution in [2.24, 2.45) is 0 Å². The van der Waals surface area contributed by atoms with Crippen LogP contribution in [0.4, 0.5) is 0 Å². The van der Waals surface area contributed by atoms with Crippen molar-refractivity contribution in [2.75, 3.05) is 0 Å². The predicted molar refractivity (Wildman–Crippen MR) is 226 cm³/mol. The minimum atomic E-state index is 0.571. The maximum atomic E-state index is 10.3. The van der Waals surface area contributed by atoms with Gasteiger partial charge in [0.2, 0.25) is 0 Å². The number of para-hydroxylation sites is 4. The molecule has 5 heteroatoms. The average Bonchev–Trinajstić information content (AvgIpc) is 3.79. The second kappa shape index (κ2) is 13.0. The molecule has 8 aromatic carbocycles. The Morgan fingerprint density at radius 1 is 0.339 bits per heavy atom. The Kier molecular flexibility index (Phi) is 7.57. The van der Waals surface area contributed by atoms with E-state index in [1.165, 1.54) is 0 Å². The summed E-state index contributed by atoms with van der Waals surface area (Å²) < 4.78 is 4.46. The van der Waals surface area contributed by atoms with Crippen LogP contribution in [0.25, 0.3) is 88.4 Å². The van der Waals surface area contributed by atoms with Crippen molar-refractivity contribution < 1.29 is 0 Å². The Balaban J connectivity index is 1.27. The highest BCUT2D eigenvalue weighted by molar-refractivity contribution is 6.17. The average molecular weight is 712 g/mol. The second-order valence-electron chi connectivity index (χ2n) is 13.8. The van der Waals surface area contributed by atoms with E-state index >= 15 is 0 Å². The predicted octanol–water partition coefficient (Wildman–Crippen LogP) is 12.5. The standard InChI is InChI=1S/C51H29N5/c52-30-33-12-9-14-36(28-33)55-49-27-26-34(31-53)29-46(49)45-23-11-20-42(50(45)55)39-17-4-2-15-37(39)38-16-3-5-18-40(38)43-21-10-22-44-41-19-6-8-25-48(41)56(51(43)44)47-24-7-1-13-35(47)32-54/h1-29H. The van der Waals surface area contributed by atoms with Gasteiger partial charge >= 0.3 is 0 Å².